The summed E-state index contributed by atoms with van der Waals surface area (Å²) < 4.78 is 71.9. The number of carbonyl (C=O) groups excluding carboxylic acids is 1. The summed E-state index contributed by atoms with van der Waals surface area (Å²) in [7, 11) is -3.46. The van der Waals surface area contributed by atoms with Gasteiger partial charge in [0.25, 0.3) is 0 Å². The second-order valence-corrected chi connectivity index (χ2v) is 12.3. The molecule has 4 aromatic rings. The Labute approximate surface area is 240 Å². The predicted molar refractivity (Wildman–Crippen MR) is 152 cm³/mol. The number of sulfone groups is 1. The number of benzene rings is 2. The van der Waals surface area contributed by atoms with E-state index in [1.807, 2.05) is 6.07 Å². The second kappa shape index (κ2) is 11.4. The van der Waals surface area contributed by atoms with Gasteiger partial charge in [0.15, 0.2) is 27.3 Å². The number of Topliss-reactive ketones (excluding diaryl/α,β-unsaturated/α-hetero) is 1. The zero-order valence-electron chi connectivity index (χ0n) is 22.8. The van der Waals surface area contributed by atoms with Crippen LogP contribution in [0.1, 0.15) is 44.6 Å². The molecular weight excluding hydrogens is 569 g/mol. The van der Waals surface area contributed by atoms with Gasteiger partial charge in [-0.25, -0.2) is 26.9 Å². The van der Waals surface area contributed by atoms with Crippen LogP contribution in [0.25, 0.3) is 11.8 Å². The second-order valence-electron chi connectivity index (χ2n) is 10.1. The molecule has 0 radical (unpaired) electrons. The molecule has 0 spiro atoms. The van der Waals surface area contributed by atoms with Crippen molar-refractivity contribution < 1.29 is 31.1 Å². The van der Waals surface area contributed by atoms with Crippen LogP contribution in [0.5, 0.6) is 11.6 Å². The van der Waals surface area contributed by atoms with Gasteiger partial charge in [0.2, 0.25) is 11.6 Å². The zero-order chi connectivity index (χ0) is 30.2. The Morgan fingerprint density at radius 3 is 2.52 bits per heavy atom. The van der Waals surface area contributed by atoms with E-state index in [2.05, 4.69) is 10.1 Å². The number of pyridine rings is 1. The van der Waals surface area contributed by atoms with Crippen molar-refractivity contribution in [3.63, 3.8) is 0 Å². The van der Waals surface area contributed by atoms with Gasteiger partial charge in [-0.15, -0.1) is 0 Å². The Balaban J connectivity index is 1.35. The number of nitrogen functional groups attached to an aromatic ring is 1. The first-order chi connectivity index (χ1) is 20.0. The molecule has 0 amide bonds. The summed E-state index contributed by atoms with van der Waals surface area (Å²) in [6.07, 6.45) is 4.73. The van der Waals surface area contributed by atoms with Crippen LogP contribution in [0.3, 0.4) is 0 Å². The number of aryl methyl sites for hydroxylation is 2. The maximum absolute atomic E-state index is 14.0. The van der Waals surface area contributed by atoms with Crippen molar-refractivity contribution in [2.75, 3.05) is 18.2 Å². The molecule has 0 bridgehead atoms. The lowest BCUT2D eigenvalue weighted by atomic mass is 10.0. The molecule has 218 valence electrons. The van der Waals surface area contributed by atoms with E-state index in [0.717, 1.165) is 28.8 Å². The Kier molecular flexibility index (Phi) is 7.91. The average Bonchev–Trinajstić information content (AvgIpc) is 3.52. The van der Waals surface area contributed by atoms with E-state index in [1.54, 1.807) is 26.0 Å². The van der Waals surface area contributed by atoms with E-state index in [-0.39, 0.29) is 47.4 Å². The van der Waals surface area contributed by atoms with Crippen LogP contribution in [0.2, 0.25) is 0 Å². The third-order valence-electron chi connectivity index (χ3n) is 7.03. The number of nitrogens with zero attached hydrogens (tertiary/aromatic N) is 3. The number of anilines is 1. The monoisotopic (exact) mass is 596 g/mol. The molecule has 1 aliphatic rings. The quantitative estimate of drug-likeness (QED) is 0.236. The Hall–Kier alpha value is -4.45. The highest BCUT2D eigenvalue weighted by Gasteiger charge is 2.26. The number of para-hydroxylation sites is 1. The molecule has 42 heavy (non-hydrogen) atoms. The summed E-state index contributed by atoms with van der Waals surface area (Å²) in [6, 6.07) is 8.47. The summed E-state index contributed by atoms with van der Waals surface area (Å²) >= 11 is 0. The fourth-order valence-electron chi connectivity index (χ4n) is 4.83. The molecule has 2 heterocycles. The van der Waals surface area contributed by atoms with Gasteiger partial charge in [0.1, 0.15) is 5.82 Å². The van der Waals surface area contributed by atoms with Gasteiger partial charge < -0.3 is 10.5 Å². The summed E-state index contributed by atoms with van der Waals surface area (Å²) in [5, 5.41) is 4.27. The third-order valence-corrected chi connectivity index (χ3v) is 8.69. The largest absolute Gasteiger partial charge is 0.433 e. The fraction of sp³-hybridized carbons (Fsp3) is 0.233. The highest BCUT2D eigenvalue weighted by molar-refractivity contribution is 7.90. The lowest BCUT2D eigenvalue weighted by Gasteiger charge is -2.11. The topological polar surface area (TPSA) is 117 Å². The van der Waals surface area contributed by atoms with Gasteiger partial charge in [0.05, 0.1) is 41.8 Å². The van der Waals surface area contributed by atoms with E-state index in [1.165, 1.54) is 29.2 Å². The standard InChI is InChI=1S/C30H27F3N4O4S/c1-17-9-19-11-21(12-20(19)13-22(17)16-42(39,40)8-4-7-31)28(38)23-14-36-37(30(23)34)26-15-35-27(10-18(26)2)41-29-24(32)5-3-6-25(29)33/h3,5-6,9-11,13-15H,4,7-8,12,16,34H2,1-2H3. The highest BCUT2D eigenvalue weighted by Crippen LogP contribution is 2.33. The van der Waals surface area contributed by atoms with Crippen LogP contribution < -0.4 is 10.5 Å². The SMILES string of the molecule is Cc1cc2c(cc1CS(=O)(=O)CCCF)CC(C(=O)c1cnn(-c3cnc(Oc4c(F)cccc4F)cc3C)c1N)=C2. The molecule has 0 aliphatic heterocycles. The molecule has 2 aromatic carbocycles. The van der Waals surface area contributed by atoms with Crippen molar-refractivity contribution >= 4 is 27.5 Å². The number of halogens is 3. The fourth-order valence-corrected chi connectivity index (χ4v) is 6.30. The number of rotatable bonds is 10. The van der Waals surface area contributed by atoms with Gasteiger partial charge in [-0.1, -0.05) is 18.2 Å². The molecule has 8 nitrogen and oxygen atoms in total. The Morgan fingerprint density at radius 2 is 1.83 bits per heavy atom. The van der Waals surface area contributed by atoms with Crippen molar-refractivity contribution in [2.45, 2.75) is 32.4 Å². The number of hydrogen-bond acceptors (Lipinski definition) is 7. The predicted octanol–water partition coefficient (Wildman–Crippen LogP) is 5.63. The molecule has 1 aliphatic carbocycles. The van der Waals surface area contributed by atoms with Crippen LogP contribution in [0, 0.1) is 25.5 Å². The zero-order valence-corrected chi connectivity index (χ0v) is 23.6. The Morgan fingerprint density at radius 1 is 1.10 bits per heavy atom. The maximum Gasteiger partial charge on any atom is 0.219 e. The van der Waals surface area contributed by atoms with E-state index in [9.17, 15) is 26.4 Å². The molecule has 2 N–H and O–H groups in total. The molecule has 0 atom stereocenters. The first-order valence-electron chi connectivity index (χ1n) is 13.0. The molecule has 0 unspecified atom stereocenters. The van der Waals surface area contributed by atoms with Crippen LogP contribution in [-0.2, 0) is 22.0 Å². The number of carbonyl (C=O) groups is 1. The summed E-state index contributed by atoms with van der Waals surface area (Å²) in [5.41, 5.74) is 11.0. The minimum Gasteiger partial charge on any atom is -0.433 e. The van der Waals surface area contributed by atoms with E-state index in [0.29, 0.717) is 22.4 Å². The minimum atomic E-state index is -3.46. The van der Waals surface area contributed by atoms with Crippen molar-refractivity contribution in [1.82, 2.24) is 14.8 Å². The van der Waals surface area contributed by atoms with Crippen molar-refractivity contribution in [1.29, 1.82) is 0 Å². The highest BCUT2D eigenvalue weighted by atomic mass is 32.2. The van der Waals surface area contributed by atoms with Gasteiger partial charge in [-0.05, 0) is 66.3 Å². The Bertz CT molecular complexity index is 1830. The van der Waals surface area contributed by atoms with Crippen molar-refractivity contribution in [3.8, 4) is 17.3 Å². The summed E-state index contributed by atoms with van der Waals surface area (Å²) in [5.74, 6) is -3.02. The molecule has 0 fully saturated rings. The smallest absolute Gasteiger partial charge is 0.219 e. The number of aromatic nitrogens is 3. The molecular formula is C30H27F3N4O4S. The number of nitrogens with two attached hydrogens (primary N) is 1. The van der Waals surface area contributed by atoms with Gasteiger partial charge in [-0.3, -0.25) is 9.18 Å². The van der Waals surface area contributed by atoms with Crippen LogP contribution in [0.4, 0.5) is 19.0 Å². The average molecular weight is 597 g/mol. The molecule has 0 saturated carbocycles. The molecule has 12 heteroatoms. The van der Waals surface area contributed by atoms with Crippen LogP contribution in [0.15, 0.2) is 54.4 Å². The molecule has 0 saturated heterocycles. The number of hydrogen-bond donors (Lipinski definition) is 1. The number of fused-ring (bicyclic) bond motifs is 1. The summed E-state index contributed by atoms with van der Waals surface area (Å²) in [6.45, 7) is 2.82. The molecule has 5 rings (SSSR count). The maximum atomic E-state index is 14.0. The van der Waals surface area contributed by atoms with Crippen molar-refractivity contribution in [3.05, 3.63) is 99.4 Å². The number of ketones is 1. The first-order valence-corrected chi connectivity index (χ1v) is 14.9. The minimum absolute atomic E-state index is 0.0389. The van der Waals surface area contributed by atoms with Gasteiger partial charge in [0, 0.05) is 18.1 Å². The van der Waals surface area contributed by atoms with Crippen molar-refractivity contribution in [2.24, 2.45) is 0 Å². The third kappa shape index (κ3) is 5.80. The van der Waals surface area contributed by atoms with E-state index in [4.69, 9.17) is 10.5 Å². The lowest BCUT2D eigenvalue weighted by Crippen LogP contribution is -2.11. The van der Waals surface area contributed by atoms with E-state index < -0.39 is 33.9 Å². The van der Waals surface area contributed by atoms with Crippen LogP contribution in [-0.4, -0.2) is 41.4 Å². The number of allylic oxidation sites excluding steroid dienone is 1. The number of ether oxygens (including phenoxy) is 1. The first kappa shape index (κ1) is 29.1. The van der Waals surface area contributed by atoms with Gasteiger partial charge in [-0.2, -0.15) is 5.10 Å². The van der Waals surface area contributed by atoms with E-state index >= 15 is 0 Å². The lowest BCUT2D eigenvalue weighted by molar-refractivity contribution is 0.103. The summed E-state index contributed by atoms with van der Waals surface area (Å²) in [4.78, 5) is 17.6. The number of alkyl halides is 1. The van der Waals surface area contributed by atoms with Crippen LogP contribution >= 0.6 is 0 Å². The normalized spacial score (nSPS) is 12.7. The molecule has 2 aromatic heterocycles. The van der Waals surface area contributed by atoms with Gasteiger partial charge >= 0.3 is 0 Å².